The molecule has 170 valence electrons. The van der Waals surface area contributed by atoms with E-state index in [9.17, 15) is 14.7 Å². The fourth-order valence-electron chi connectivity index (χ4n) is 6.37. The Labute approximate surface area is 180 Å². The molecule has 0 aromatic rings. The largest absolute Gasteiger partial charge is 0.459 e. The molecular weight excluding hydrogens is 384 g/mol. The van der Waals surface area contributed by atoms with Crippen LogP contribution >= 0.6 is 0 Å². The average molecular weight is 423 g/mol. The predicted molar refractivity (Wildman–Crippen MR) is 113 cm³/mol. The second-order valence-electron chi connectivity index (χ2n) is 10.4. The van der Waals surface area contributed by atoms with E-state index in [1.165, 1.54) is 13.8 Å². The normalized spacial score (nSPS) is 43.9. The highest BCUT2D eigenvalue weighted by Crippen LogP contribution is 2.57. The highest BCUT2D eigenvalue weighted by molar-refractivity contribution is 5.67. The molecule has 8 unspecified atom stereocenters. The molecule has 3 rings (SSSR count). The Morgan fingerprint density at radius 3 is 2.40 bits per heavy atom. The number of ether oxygens (including phenoxy) is 3. The zero-order chi connectivity index (χ0) is 22.4. The third kappa shape index (κ3) is 4.31. The van der Waals surface area contributed by atoms with Crippen LogP contribution in [0.3, 0.4) is 0 Å². The summed E-state index contributed by atoms with van der Waals surface area (Å²) in [5.74, 6) is 0.188. The number of rotatable bonds is 3. The quantitative estimate of drug-likeness (QED) is 0.550. The van der Waals surface area contributed by atoms with Crippen molar-refractivity contribution in [1.29, 1.82) is 0 Å². The third-order valence-corrected chi connectivity index (χ3v) is 7.65. The van der Waals surface area contributed by atoms with Gasteiger partial charge in [0.05, 0.1) is 17.8 Å². The molecule has 0 aromatic carbocycles. The summed E-state index contributed by atoms with van der Waals surface area (Å²) in [6.07, 6.45) is 2.13. The first kappa shape index (κ1) is 23.3. The number of carbonyl (C=O) groups excluding carboxylic acids is 2. The number of carbonyl (C=O) groups is 2. The van der Waals surface area contributed by atoms with Gasteiger partial charge in [0.15, 0.2) is 0 Å². The highest BCUT2D eigenvalue weighted by Gasteiger charge is 2.63. The van der Waals surface area contributed by atoms with Gasteiger partial charge in [-0.3, -0.25) is 9.59 Å². The van der Waals surface area contributed by atoms with Gasteiger partial charge in [-0.25, -0.2) is 0 Å². The molecule has 6 heteroatoms. The molecule has 3 aliphatic rings. The number of hydrogen-bond acceptors (Lipinski definition) is 6. The SMILES string of the molecule is C=C1CC2OC(C3C(C(C)C)CCC(C)(OC(C)=O)C23)C(C)(O)CCC1OC(C)=O. The van der Waals surface area contributed by atoms with E-state index >= 15 is 0 Å². The summed E-state index contributed by atoms with van der Waals surface area (Å²) in [7, 11) is 0. The molecule has 0 aromatic heterocycles. The van der Waals surface area contributed by atoms with E-state index in [4.69, 9.17) is 14.2 Å². The molecule has 0 amide bonds. The van der Waals surface area contributed by atoms with Crippen LogP contribution in [0.4, 0.5) is 0 Å². The fraction of sp³-hybridized carbons (Fsp3) is 0.833. The minimum Gasteiger partial charge on any atom is -0.459 e. The molecular formula is C24H38O6. The highest BCUT2D eigenvalue weighted by atomic mass is 16.6. The number of esters is 2. The molecule has 6 nitrogen and oxygen atoms in total. The molecule has 2 aliphatic heterocycles. The van der Waals surface area contributed by atoms with Crippen LogP contribution in [0.5, 0.6) is 0 Å². The topological polar surface area (TPSA) is 82.1 Å². The summed E-state index contributed by atoms with van der Waals surface area (Å²) in [5.41, 5.74) is -0.944. The Balaban J connectivity index is 2.04. The van der Waals surface area contributed by atoms with Gasteiger partial charge >= 0.3 is 11.9 Å². The zero-order valence-electron chi connectivity index (χ0n) is 19.3. The van der Waals surface area contributed by atoms with Crippen LogP contribution in [-0.4, -0.2) is 46.6 Å². The fourth-order valence-corrected chi connectivity index (χ4v) is 6.37. The van der Waals surface area contributed by atoms with Gasteiger partial charge in [0.1, 0.15) is 11.7 Å². The van der Waals surface area contributed by atoms with Crippen molar-refractivity contribution in [1.82, 2.24) is 0 Å². The minimum absolute atomic E-state index is 0.0492. The van der Waals surface area contributed by atoms with E-state index in [0.717, 1.165) is 18.4 Å². The van der Waals surface area contributed by atoms with Crippen LogP contribution in [0, 0.1) is 23.7 Å². The van der Waals surface area contributed by atoms with Crippen LogP contribution in [0.15, 0.2) is 12.2 Å². The van der Waals surface area contributed by atoms with Crippen LogP contribution in [0.25, 0.3) is 0 Å². The van der Waals surface area contributed by atoms with Crippen molar-refractivity contribution >= 4 is 11.9 Å². The first-order chi connectivity index (χ1) is 13.9. The van der Waals surface area contributed by atoms with Crippen molar-refractivity contribution in [3.8, 4) is 0 Å². The first-order valence-corrected chi connectivity index (χ1v) is 11.3. The van der Waals surface area contributed by atoms with Gasteiger partial charge in [-0.1, -0.05) is 20.4 Å². The van der Waals surface area contributed by atoms with Crippen LogP contribution in [0.2, 0.25) is 0 Å². The van der Waals surface area contributed by atoms with E-state index in [0.29, 0.717) is 31.1 Å². The van der Waals surface area contributed by atoms with Crippen LogP contribution in [0.1, 0.15) is 73.6 Å². The van der Waals surface area contributed by atoms with Gasteiger partial charge in [0, 0.05) is 25.7 Å². The molecule has 2 heterocycles. The maximum Gasteiger partial charge on any atom is 0.303 e. The molecule has 0 spiro atoms. The van der Waals surface area contributed by atoms with Gasteiger partial charge in [0.25, 0.3) is 0 Å². The summed E-state index contributed by atoms with van der Waals surface area (Å²) in [6.45, 7) is 15.3. The Hall–Kier alpha value is -1.40. The second-order valence-corrected chi connectivity index (χ2v) is 10.4. The summed E-state index contributed by atoms with van der Waals surface area (Å²) in [5, 5.41) is 11.5. The van der Waals surface area contributed by atoms with E-state index in [2.05, 4.69) is 20.4 Å². The summed E-state index contributed by atoms with van der Waals surface area (Å²) in [4.78, 5) is 23.6. The maximum atomic E-state index is 12.0. The monoisotopic (exact) mass is 422 g/mol. The van der Waals surface area contributed by atoms with Gasteiger partial charge < -0.3 is 19.3 Å². The van der Waals surface area contributed by atoms with Crippen molar-refractivity contribution in [2.75, 3.05) is 0 Å². The Bertz CT molecular complexity index is 698. The summed E-state index contributed by atoms with van der Waals surface area (Å²) >= 11 is 0. The molecule has 8 atom stereocenters. The van der Waals surface area contributed by atoms with Crippen LogP contribution < -0.4 is 0 Å². The lowest BCUT2D eigenvalue weighted by Crippen LogP contribution is -2.55. The van der Waals surface area contributed by atoms with Gasteiger partial charge in [-0.05, 0) is 63.4 Å². The molecule has 3 fully saturated rings. The lowest BCUT2D eigenvalue weighted by Gasteiger charge is -2.50. The van der Waals surface area contributed by atoms with E-state index < -0.39 is 17.3 Å². The Morgan fingerprint density at radius 1 is 1.17 bits per heavy atom. The zero-order valence-corrected chi connectivity index (χ0v) is 19.3. The number of hydrogen-bond donors (Lipinski definition) is 1. The number of fused-ring (bicyclic) bond motifs is 5. The lowest BCUT2D eigenvalue weighted by atomic mass is 9.57. The standard InChI is InChI=1S/C24H38O6/c1-13(2)17-8-11-24(7,30-16(5)26)21-19-12-14(3)18(28-15(4)25)9-10-23(6,27)22(29-19)20(17)21/h13,17-22,27H,3,8-12H2,1-2,4-7H3. The lowest BCUT2D eigenvalue weighted by molar-refractivity contribution is -0.174. The number of aliphatic hydroxyl groups is 1. The molecule has 2 saturated heterocycles. The van der Waals surface area contributed by atoms with Crippen molar-refractivity contribution < 1.29 is 28.9 Å². The predicted octanol–water partition coefficient (Wildman–Crippen LogP) is 3.80. The average Bonchev–Trinajstić information content (AvgIpc) is 2.99. The summed E-state index contributed by atoms with van der Waals surface area (Å²) in [6, 6.07) is 0. The molecule has 30 heavy (non-hydrogen) atoms. The van der Waals surface area contributed by atoms with Crippen molar-refractivity contribution in [2.45, 2.75) is 103 Å². The third-order valence-electron chi connectivity index (χ3n) is 7.65. The molecule has 1 N–H and O–H groups in total. The van der Waals surface area contributed by atoms with Gasteiger partial charge in [-0.2, -0.15) is 0 Å². The van der Waals surface area contributed by atoms with E-state index in [1.54, 1.807) is 0 Å². The smallest absolute Gasteiger partial charge is 0.303 e. The minimum atomic E-state index is -1.08. The van der Waals surface area contributed by atoms with Gasteiger partial charge in [0.2, 0.25) is 0 Å². The first-order valence-electron chi connectivity index (χ1n) is 11.3. The summed E-state index contributed by atoms with van der Waals surface area (Å²) < 4.78 is 18.0. The van der Waals surface area contributed by atoms with E-state index in [-0.39, 0.29) is 36.0 Å². The van der Waals surface area contributed by atoms with Gasteiger partial charge in [-0.15, -0.1) is 0 Å². The Morgan fingerprint density at radius 2 is 1.83 bits per heavy atom. The van der Waals surface area contributed by atoms with Crippen molar-refractivity contribution in [2.24, 2.45) is 23.7 Å². The van der Waals surface area contributed by atoms with E-state index in [1.807, 2.05) is 13.8 Å². The molecule has 1 saturated carbocycles. The van der Waals surface area contributed by atoms with Crippen molar-refractivity contribution in [3.63, 3.8) is 0 Å². The maximum absolute atomic E-state index is 12.0. The molecule has 1 aliphatic carbocycles. The molecule has 2 bridgehead atoms. The molecule has 0 radical (unpaired) electrons. The van der Waals surface area contributed by atoms with Crippen molar-refractivity contribution in [3.05, 3.63) is 12.2 Å². The van der Waals surface area contributed by atoms with Crippen LogP contribution in [-0.2, 0) is 23.8 Å². The second kappa shape index (κ2) is 8.27. The Kier molecular flexibility index (Phi) is 6.41.